The van der Waals surface area contributed by atoms with Crippen molar-refractivity contribution in [3.63, 3.8) is 0 Å². The lowest BCUT2D eigenvalue weighted by molar-refractivity contribution is -0.113. The summed E-state index contributed by atoms with van der Waals surface area (Å²) in [5.74, 6) is -0.479. The molecule has 3 aromatic rings. The molecule has 0 saturated heterocycles. The minimum absolute atomic E-state index is 0.0230. The third-order valence-electron chi connectivity index (χ3n) is 3.57. The van der Waals surface area contributed by atoms with Gasteiger partial charge in [-0.15, -0.1) is 11.8 Å². The molecule has 0 radical (unpaired) electrons. The number of hydrogen-bond acceptors (Lipinski definition) is 6. The van der Waals surface area contributed by atoms with Crippen LogP contribution < -0.4 is 15.8 Å². The molecule has 1 aliphatic heterocycles. The van der Waals surface area contributed by atoms with Crippen LogP contribution in [0.4, 0.5) is 11.4 Å². The Balaban J connectivity index is 1.67. The number of thioether (sulfide) groups is 1. The summed E-state index contributed by atoms with van der Waals surface area (Å²) in [6, 6.07) is 9.00. The second kappa shape index (κ2) is 5.67. The standard InChI is InChI=1S/C15H11N3O5S2/c19-14-7-24-13-4-2-9(6-11(13)16-14)25(21,22)18-8-1-3-12-10(5-8)17-15(20)23-12/h1-6,18H,7H2,(H,16,19)(H,17,20). The summed E-state index contributed by atoms with van der Waals surface area (Å²) in [5, 5.41) is 2.66. The highest BCUT2D eigenvalue weighted by molar-refractivity contribution is 8.00. The van der Waals surface area contributed by atoms with E-state index in [1.165, 1.54) is 42.1 Å². The number of anilines is 2. The number of benzene rings is 2. The first kappa shape index (κ1) is 15.8. The van der Waals surface area contributed by atoms with Crippen molar-refractivity contribution in [1.82, 2.24) is 4.98 Å². The highest BCUT2D eigenvalue weighted by Gasteiger charge is 2.20. The molecule has 2 heterocycles. The molecule has 0 fully saturated rings. The molecule has 2 aromatic carbocycles. The van der Waals surface area contributed by atoms with Crippen LogP contribution in [-0.4, -0.2) is 25.1 Å². The second-order valence-electron chi connectivity index (χ2n) is 5.33. The lowest BCUT2D eigenvalue weighted by Crippen LogP contribution is -2.20. The average molecular weight is 377 g/mol. The van der Waals surface area contributed by atoms with Crippen LogP contribution in [0.3, 0.4) is 0 Å². The van der Waals surface area contributed by atoms with E-state index in [1.54, 1.807) is 6.07 Å². The van der Waals surface area contributed by atoms with Crippen LogP contribution in [-0.2, 0) is 14.8 Å². The molecule has 0 unspecified atom stereocenters. The largest absolute Gasteiger partial charge is 0.417 e. The topological polar surface area (TPSA) is 121 Å². The molecule has 0 atom stereocenters. The number of H-pyrrole nitrogens is 1. The minimum Gasteiger partial charge on any atom is -0.408 e. The Morgan fingerprint density at radius 1 is 1.12 bits per heavy atom. The molecule has 1 amide bonds. The number of nitrogens with one attached hydrogen (secondary N) is 3. The lowest BCUT2D eigenvalue weighted by atomic mass is 10.3. The van der Waals surface area contributed by atoms with E-state index < -0.39 is 15.8 Å². The molecule has 10 heteroatoms. The van der Waals surface area contributed by atoms with Crippen LogP contribution in [0.2, 0.25) is 0 Å². The Hall–Kier alpha value is -2.72. The van der Waals surface area contributed by atoms with Crippen molar-refractivity contribution in [2.75, 3.05) is 15.8 Å². The SMILES string of the molecule is O=C1CSc2ccc(S(=O)(=O)Nc3ccc4oc(=O)[nH]c4c3)cc2N1. The Morgan fingerprint density at radius 2 is 1.96 bits per heavy atom. The lowest BCUT2D eigenvalue weighted by Gasteiger charge is -2.17. The van der Waals surface area contributed by atoms with Crippen molar-refractivity contribution in [3.8, 4) is 0 Å². The molecule has 0 spiro atoms. The summed E-state index contributed by atoms with van der Waals surface area (Å²) in [4.78, 5) is 25.9. The van der Waals surface area contributed by atoms with Crippen molar-refractivity contribution in [2.24, 2.45) is 0 Å². The van der Waals surface area contributed by atoms with Gasteiger partial charge in [-0.25, -0.2) is 13.2 Å². The Labute approximate surface area is 145 Å². The summed E-state index contributed by atoms with van der Waals surface area (Å²) >= 11 is 1.35. The average Bonchev–Trinajstić information content (AvgIpc) is 2.93. The number of rotatable bonds is 3. The van der Waals surface area contributed by atoms with Crippen LogP contribution >= 0.6 is 11.8 Å². The van der Waals surface area contributed by atoms with Gasteiger partial charge in [0.25, 0.3) is 10.0 Å². The maximum atomic E-state index is 12.6. The number of amides is 1. The van der Waals surface area contributed by atoms with Gasteiger partial charge < -0.3 is 9.73 Å². The zero-order chi connectivity index (χ0) is 17.6. The van der Waals surface area contributed by atoms with Crippen LogP contribution in [0, 0.1) is 0 Å². The molecule has 8 nitrogen and oxygen atoms in total. The molecule has 3 N–H and O–H groups in total. The smallest absolute Gasteiger partial charge is 0.408 e. The fourth-order valence-corrected chi connectivity index (χ4v) is 4.32. The van der Waals surface area contributed by atoms with Gasteiger partial charge >= 0.3 is 5.76 Å². The zero-order valence-corrected chi connectivity index (χ0v) is 14.2. The highest BCUT2D eigenvalue weighted by Crippen LogP contribution is 2.33. The fourth-order valence-electron chi connectivity index (χ4n) is 2.46. The van der Waals surface area contributed by atoms with Gasteiger partial charge in [-0.2, -0.15) is 0 Å². The molecule has 128 valence electrons. The van der Waals surface area contributed by atoms with E-state index >= 15 is 0 Å². The van der Waals surface area contributed by atoms with Gasteiger partial charge in [0.1, 0.15) is 0 Å². The summed E-state index contributed by atoms with van der Waals surface area (Å²) in [7, 11) is -3.86. The van der Waals surface area contributed by atoms with Crippen LogP contribution in [0.1, 0.15) is 0 Å². The third-order valence-corrected chi connectivity index (χ3v) is 6.02. The van der Waals surface area contributed by atoms with E-state index in [9.17, 15) is 18.0 Å². The van der Waals surface area contributed by atoms with Crippen molar-refractivity contribution in [2.45, 2.75) is 9.79 Å². The molecule has 0 saturated carbocycles. The van der Waals surface area contributed by atoms with Gasteiger partial charge in [0.2, 0.25) is 5.91 Å². The Bertz CT molecular complexity index is 1160. The Kier molecular flexibility index (Phi) is 3.58. The second-order valence-corrected chi connectivity index (χ2v) is 8.03. The number of fused-ring (bicyclic) bond motifs is 2. The minimum atomic E-state index is -3.86. The zero-order valence-electron chi connectivity index (χ0n) is 12.5. The first-order valence-electron chi connectivity index (χ1n) is 7.13. The number of sulfonamides is 1. The third kappa shape index (κ3) is 3.01. The molecule has 1 aliphatic rings. The van der Waals surface area contributed by atoms with E-state index in [1.807, 2.05) is 0 Å². The van der Waals surface area contributed by atoms with Crippen LogP contribution in [0.15, 0.2) is 55.4 Å². The number of hydrogen-bond donors (Lipinski definition) is 3. The number of aromatic nitrogens is 1. The van der Waals surface area contributed by atoms with Crippen molar-refractivity contribution in [3.05, 3.63) is 46.9 Å². The molecule has 4 rings (SSSR count). The van der Waals surface area contributed by atoms with E-state index in [2.05, 4.69) is 15.0 Å². The van der Waals surface area contributed by atoms with Crippen molar-refractivity contribution in [1.29, 1.82) is 0 Å². The van der Waals surface area contributed by atoms with E-state index in [0.29, 0.717) is 22.5 Å². The summed E-state index contributed by atoms with van der Waals surface area (Å²) < 4.78 is 32.5. The normalized spacial score (nSPS) is 14.2. The number of carbonyl (C=O) groups is 1. The monoisotopic (exact) mass is 377 g/mol. The van der Waals surface area contributed by atoms with Gasteiger partial charge in [-0.1, -0.05) is 0 Å². The fraction of sp³-hybridized carbons (Fsp3) is 0.0667. The van der Waals surface area contributed by atoms with Gasteiger partial charge in [0.05, 0.1) is 27.5 Å². The van der Waals surface area contributed by atoms with Gasteiger partial charge in [0.15, 0.2) is 5.58 Å². The summed E-state index contributed by atoms with van der Waals surface area (Å²) in [6.07, 6.45) is 0. The van der Waals surface area contributed by atoms with Crippen LogP contribution in [0.25, 0.3) is 11.1 Å². The van der Waals surface area contributed by atoms with E-state index in [4.69, 9.17) is 4.42 Å². The van der Waals surface area contributed by atoms with E-state index in [-0.39, 0.29) is 16.5 Å². The van der Waals surface area contributed by atoms with Crippen molar-refractivity contribution < 1.29 is 17.6 Å². The molecule has 25 heavy (non-hydrogen) atoms. The first-order valence-corrected chi connectivity index (χ1v) is 9.60. The molecular weight excluding hydrogens is 366 g/mol. The predicted octanol–water partition coefficient (Wildman–Crippen LogP) is 1.97. The first-order chi connectivity index (χ1) is 11.9. The molecule has 1 aromatic heterocycles. The van der Waals surface area contributed by atoms with Gasteiger partial charge in [-0.3, -0.25) is 14.5 Å². The summed E-state index contributed by atoms with van der Waals surface area (Å²) in [5.41, 5.74) is 1.47. The molecule has 0 bridgehead atoms. The van der Waals surface area contributed by atoms with E-state index in [0.717, 1.165) is 4.90 Å². The van der Waals surface area contributed by atoms with Gasteiger partial charge in [-0.05, 0) is 36.4 Å². The summed E-state index contributed by atoms with van der Waals surface area (Å²) in [6.45, 7) is 0. The van der Waals surface area contributed by atoms with Gasteiger partial charge in [0, 0.05) is 4.90 Å². The molecular formula is C15H11N3O5S2. The maximum absolute atomic E-state index is 12.6. The Morgan fingerprint density at radius 3 is 2.80 bits per heavy atom. The highest BCUT2D eigenvalue weighted by atomic mass is 32.2. The number of aromatic amines is 1. The number of carbonyl (C=O) groups excluding carboxylic acids is 1. The van der Waals surface area contributed by atoms with Crippen molar-refractivity contribution >= 4 is 50.2 Å². The predicted molar refractivity (Wildman–Crippen MR) is 93.4 cm³/mol. The molecule has 0 aliphatic carbocycles. The maximum Gasteiger partial charge on any atom is 0.417 e. The van der Waals surface area contributed by atoms with Crippen LogP contribution in [0.5, 0.6) is 0 Å². The quantitative estimate of drug-likeness (QED) is 0.642. The number of oxazole rings is 1.